The molecule has 2 aromatic carbocycles. The number of fused-ring (bicyclic) bond motifs is 1. The van der Waals surface area contributed by atoms with Crippen LogP contribution in [0.25, 0.3) is 0 Å². The van der Waals surface area contributed by atoms with Crippen LogP contribution in [0, 0.1) is 11.7 Å². The molecule has 1 N–H and O–H groups in total. The Morgan fingerprint density at radius 1 is 1.20 bits per heavy atom. The van der Waals surface area contributed by atoms with Gasteiger partial charge in [0.15, 0.2) is 6.61 Å². The van der Waals surface area contributed by atoms with Crippen molar-refractivity contribution in [2.24, 2.45) is 5.92 Å². The molecule has 1 aliphatic heterocycles. The minimum atomic E-state index is -0.317. The van der Waals surface area contributed by atoms with Crippen molar-refractivity contribution in [1.29, 1.82) is 0 Å². The fourth-order valence-electron chi connectivity index (χ4n) is 2.82. The average Bonchev–Trinajstić information content (AvgIpc) is 3.44. The lowest BCUT2D eigenvalue weighted by Crippen LogP contribution is -2.38. The zero-order valence-electron chi connectivity index (χ0n) is 13.5. The van der Waals surface area contributed by atoms with Gasteiger partial charge in [0.1, 0.15) is 11.6 Å². The number of carbonyl (C=O) groups excluding carboxylic acids is 2. The summed E-state index contributed by atoms with van der Waals surface area (Å²) < 4.78 is 18.6. The monoisotopic (exact) mass is 340 g/mol. The Balaban J connectivity index is 1.60. The third kappa shape index (κ3) is 3.33. The molecule has 0 bridgehead atoms. The van der Waals surface area contributed by atoms with Crippen LogP contribution >= 0.6 is 0 Å². The highest BCUT2D eigenvalue weighted by Crippen LogP contribution is 2.36. The van der Waals surface area contributed by atoms with Crippen molar-refractivity contribution in [3.05, 3.63) is 53.8 Å². The third-order valence-electron chi connectivity index (χ3n) is 4.37. The second-order valence-corrected chi connectivity index (χ2v) is 6.34. The standard InChI is InChI=1S/C19H17FN2O3/c20-14-5-1-12(2-6-14)10-22-16-9-15(21-19(24)13-3-4-13)7-8-17(16)25-11-18(22)23/h1-2,5-9,13H,3-4,10-11H2,(H,21,24). The van der Waals surface area contributed by atoms with Crippen molar-refractivity contribution in [2.45, 2.75) is 19.4 Å². The van der Waals surface area contributed by atoms with Crippen LogP contribution in [0.15, 0.2) is 42.5 Å². The van der Waals surface area contributed by atoms with Gasteiger partial charge in [-0.2, -0.15) is 0 Å². The molecule has 2 aromatic rings. The molecule has 0 atom stereocenters. The molecule has 128 valence electrons. The Labute approximate surface area is 144 Å². The third-order valence-corrected chi connectivity index (χ3v) is 4.37. The van der Waals surface area contributed by atoms with E-state index < -0.39 is 0 Å². The Bertz CT molecular complexity index is 831. The van der Waals surface area contributed by atoms with Crippen molar-refractivity contribution < 1.29 is 18.7 Å². The molecule has 0 unspecified atom stereocenters. The number of hydrogen-bond donors (Lipinski definition) is 1. The number of halogens is 1. The lowest BCUT2D eigenvalue weighted by atomic mass is 10.1. The number of nitrogens with zero attached hydrogens (tertiary/aromatic N) is 1. The fraction of sp³-hybridized carbons (Fsp3) is 0.263. The summed E-state index contributed by atoms with van der Waals surface area (Å²) in [5.41, 5.74) is 2.06. The number of carbonyl (C=O) groups is 2. The minimum absolute atomic E-state index is 0.00749. The van der Waals surface area contributed by atoms with Gasteiger partial charge in [-0.1, -0.05) is 12.1 Å². The smallest absolute Gasteiger partial charge is 0.265 e. The maximum atomic E-state index is 13.1. The van der Waals surface area contributed by atoms with Crippen molar-refractivity contribution in [2.75, 3.05) is 16.8 Å². The zero-order chi connectivity index (χ0) is 17.4. The van der Waals surface area contributed by atoms with Gasteiger partial charge in [-0.05, 0) is 48.7 Å². The van der Waals surface area contributed by atoms with E-state index in [1.165, 1.54) is 12.1 Å². The zero-order valence-corrected chi connectivity index (χ0v) is 13.5. The molecule has 0 aromatic heterocycles. The summed E-state index contributed by atoms with van der Waals surface area (Å²) in [6.45, 7) is 0.275. The molecule has 1 fully saturated rings. The lowest BCUT2D eigenvalue weighted by Gasteiger charge is -2.30. The van der Waals surface area contributed by atoms with Gasteiger partial charge in [0.05, 0.1) is 12.2 Å². The Kier molecular flexibility index (Phi) is 3.87. The van der Waals surface area contributed by atoms with Crippen molar-refractivity contribution >= 4 is 23.2 Å². The van der Waals surface area contributed by atoms with Crippen LogP contribution in [0.1, 0.15) is 18.4 Å². The largest absolute Gasteiger partial charge is 0.482 e. The van der Waals surface area contributed by atoms with Crippen LogP contribution in [0.5, 0.6) is 5.75 Å². The molecule has 1 aliphatic carbocycles. The number of ether oxygens (including phenoxy) is 1. The first-order valence-corrected chi connectivity index (χ1v) is 8.23. The van der Waals surface area contributed by atoms with Crippen LogP contribution in [0.3, 0.4) is 0 Å². The Hall–Kier alpha value is -2.89. The molecule has 2 amide bonds. The summed E-state index contributed by atoms with van der Waals surface area (Å²) in [5, 5.41) is 2.88. The summed E-state index contributed by atoms with van der Waals surface area (Å²) in [6.07, 6.45) is 1.85. The highest BCUT2D eigenvalue weighted by Gasteiger charge is 2.30. The van der Waals surface area contributed by atoms with Crippen LogP contribution in [0.4, 0.5) is 15.8 Å². The second kappa shape index (κ2) is 6.20. The summed E-state index contributed by atoms with van der Waals surface area (Å²) in [6, 6.07) is 11.3. The molecule has 0 radical (unpaired) electrons. The van der Waals surface area contributed by atoms with E-state index in [1.807, 2.05) is 0 Å². The first-order chi connectivity index (χ1) is 12.1. The van der Waals surface area contributed by atoms with Gasteiger partial charge in [-0.3, -0.25) is 9.59 Å². The molecular weight excluding hydrogens is 323 g/mol. The van der Waals surface area contributed by atoms with E-state index >= 15 is 0 Å². The van der Waals surface area contributed by atoms with Gasteiger partial charge >= 0.3 is 0 Å². The van der Waals surface area contributed by atoms with E-state index in [2.05, 4.69) is 5.32 Å². The Morgan fingerprint density at radius 2 is 1.96 bits per heavy atom. The SMILES string of the molecule is O=C(Nc1ccc2c(c1)N(Cc1ccc(F)cc1)C(=O)CO2)C1CC1. The van der Waals surface area contributed by atoms with Crippen LogP contribution in [-0.4, -0.2) is 18.4 Å². The summed E-state index contributed by atoms with van der Waals surface area (Å²) in [7, 11) is 0. The second-order valence-electron chi connectivity index (χ2n) is 6.34. The topological polar surface area (TPSA) is 58.6 Å². The molecule has 6 heteroatoms. The molecular formula is C19H17FN2O3. The minimum Gasteiger partial charge on any atom is -0.482 e. The molecule has 2 aliphatic rings. The first kappa shape index (κ1) is 15.6. The Morgan fingerprint density at radius 3 is 2.68 bits per heavy atom. The number of anilines is 2. The van der Waals surface area contributed by atoms with Crippen LogP contribution < -0.4 is 15.0 Å². The number of benzene rings is 2. The molecule has 1 saturated carbocycles. The van der Waals surface area contributed by atoms with E-state index in [0.717, 1.165) is 18.4 Å². The summed E-state index contributed by atoms with van der Waals surface area (Å²) in [5.74, 6) is 0.202. The predicted molar refractivity (Wildman–Crippen MR) is 90.9 cm³/mol. The molecule has 0 spiro atoms. The molecule has 1 heterocycles. The van der Waals surface area contributed by atoms with Crippen molar-refractivity contribution in [3.8, 4) is 5.75 Å². The van der Waals surface area contributed by atoms with E-state index in [9.17, 15) is 14.0 Å². The highest BCUT2D eigenvalue weighted by atomic mass is 19.1. The quantitative estimate of drug-likeness (QED) is 0.930. The summed E-state index contributed by atoms with van der Waals surface area (Å²) >= 11 is 0. The van der Waals surface area contributed by atoms with E-state index in [0.29, 0.717) is 23.7 Å². The summed E-state index contributed by atoms with van der Waals surface area (Å²) in [4.78, 5) is 25.9. The predicted octanol–water partition coefficient (Wildman–Crippen LogP) is 3.10. The fourth-order valence-corrected chi connectivity index (χ4v) is 2.82. The first-order valence-electron chi connectivity index (χ1n) is 8.23. The van der Waals surface area contributed by atoms with Crippen LogP contribution in [-0.2, 0) is 16.1 Å². The molecule has 4 rings (SSSR count). The molecule has 0 saturated heterocycles. The average molecular weight is 340 g/mol. The van der Waals surface area contributed by atoms with Gasteiger partial charge in [0.25, 0.3) is 5.91 Å². The number of rotatable bonds is 4. The maximum Gasteiger partial charge on any atom is 0.265 e. The van der Waals surface area contributed by atoms with Crippen molar-refractivity contribution in [3.63, 3.8) is 0 Å². The number of nitrogens with one attached hydrogen (secondary N) is 1. The molecule has 25 heavy (non-hydrogen) atoms. The lowest BCUT2D eigenvalue weighted by molar-refractivity contribution is -0.121. The van der Waals surface area contributed by atoms with Gasteiger partial charge in [0.2, 0.25) is 5.91 Å². The number of amides is 2. The van der Waals surface area contributed by atoms with Gasteiger partial charge < -0.3 is 15.0 Å². The van der Waals surface area contributed by atoms with Gasteiger partial charge in [-0.15, -0.1) is 0 Å². The van der Waals surface area contributed by atoms with E-state index in [-0.39, 0.29) is 30.2 Å². The van der Waals surface area contributed by atoms with Crippen molar-refractivity contribution in [1.82, 2.24) is 0 Å². The number of hydrogen-bond acceptors (Lipinski definition) is 3. The maximum absolute atomic E-state index is 13.1. The normalized spacial score (nSPS) is 16.2. The van der Waals surface area contributed by atoms with Crippen LogP contribution in [0.2, 0.25) is 0 Å². The van der Waals surface area contributed by atoms with Gasteiger partial charge in [-0.25, -0.2) is 4.39 Å². The van der Waals surface area contributed by atoms with E-state index in [1.54, 1.807) is 35.2 Å². The molecule has 5 nitrogen and oxygen atoms in total. The van der Waals surface area contributed by atoms with E-state index in [4.69, 9.17) is 4.74 Å². The van der Waals surface area contributed by atoms with Gasteiger partial charge in [0, 0.05) is 11.6 Å². The highest BCUT2D eigenvalue weighted by molar-refractivity contribution is 6.00.